The molecular formula is C84H135ClN14O18S. The molecule has 662 valence electrons. The van der Waals surface area contributed by atoms with Crippen molar-refractivity contribution in [1.82, 2.24) is 60.7 Å². The summed E-state index contributed by atoms with van der Waals surface area (Å²) in [6, 6.07) is 8.74. The van der Waals surface area contributed by atoms with Gasteiger partial charge >= 0.3 is 36.5 Å². The molecule has 2 aliphatic carbocycles. The lowest BCUT2D eigenvalue weighted by atomic mass is 9.68. The van der Waals surface area contributed by atoms with E-state index in [1.54, 1.807) is 32.8 Å². The number of rotatable bonds is 11. The lowest BCUT2D eigenvalue weighted by Gasteiger charge is -2.46. The fourth-order valence-electron chi connectivity index (χ4n) is 16.0. The minimum atomic E-state index is -3.66. The summed E-state index contributed by atoms with van der Waals surface area (Å²) in [5, 5.41) is 15.1. The third kappa shape index (κ3) is 27.1. The molecular weight excluding hydrogens is 1560 g/mol. The first-order chi connectivity index (χ1) is 55.4. The number of nitrogens with zero attached hydrogens (tertiary/aromatic N) is 8. The number of anilines is 1. The monoisotopic (exact) mass is 1690 g/mol. The van der Waals surface area contributed by atoms with Gasteiger partial charge in [-0.25, -0.2) is 33.0 Å². The number of amides is 11. The van der Waals surface area contributed by atoms with E-state index < -0.39 is 75.5 Å². The van der Waals surface area contributed by atoms with Crippen LogP contribution in [0.5, 0.6) is 5.75 Å². The highest BCUT2D eigenvalue weighted by molar-refractivity contribution is 7.92. The maximum atomic E-state index is 14.9. The third-order valence-electron chi connectivity index (χ3n) is 22.5. The molecule has 0 radical (unpaired) electrons. The third-order valence-corrected chi connectivity index (χ3v) is 24.7. The van der Waals surface area contributed by atoms with Crippen LogP contribution in [0.3, 0.4) is 0 Å². The summed E-state index contributed by atoms with van der Waals surface area (Å²) in [6.45, 7) is 40.1. The summed E-state index contributed by atoms with van der Waals surface area (Å²) in [6.07, 6.45) is 7.12. The number of fused-ring (bicyclic) bond motifs is 4. The number of hydrogen-bond donors (Lipinski definition) is 6. The summed E-state index contributed by atoms with van der Waals surface area (Å²) in [5.41, 5.74) is 2.28. The maximum Gasteiger partial charge on any atom is 0.410 e. The number of carbonyl (C=O) groups is 10. The molecule has 118 heavy (non-hydrogen) atoms. The molecule has 0 aromatic heterocycles. The second kappa shape index (κ2) is 43.2. The Morgan fingerprint density at radius 1 is 0.644 bits per heavy atom. The Hall–Kier alpha value is -8.40. The Bertz CT molecular complexity index is 3960. The average Bonchev–Trinajstić information content (AvgIpc) is 1.51. The van der Waals surface area contributed by atoms with Gasteiger partial charge in [-0.3, -0.25) is 23.9 Å². The second-order valence-corrected chi connectivity index (χ2v) is 37.9. The molecule has 8 aliphatic rings. The molecule has 13 atom stereocenters. The van der Waals surface area contributed by atoms with E-state index in [-0.39, 0.29) is 108 Å². The van der Waals surface area contributed by atoms with Crippen molar-refractivity contribution in [2.75, 3.05) is 137 Å². The smallest absolute Gasteiger partial charge is 0.410 e. The van der Waals surface area contributed by atoms with Crippen LogP contribution in [0.2, 0.25) is 5.02 Å². The Balaban J connectivity index is 0.000000273. The Labute approximate surface area is 704 Å². The zero-order valence-corrected chi connectivity index (χ0v) is 75.0. The number of allylic oxidation sites excluding steroid dienone is 1. The topological polar surface area (TPSA) is 360 Å². The van der Waals surface area contributed by atoms with Crippen LogP contribution < -0.4 is 40.9 Å². The van der Waals surface area contributed by atoms with Gasteiger partial charge in [0.2, 0.25) is 17.7 Å². The lowest BCUT2D eigenvalue weighted by molar-refractivity contribution is -0.139. The van der Waals surface area contributed by atoms with Crippen LogP contribution in [0.4, 0.5) is 34.5 Å². The molecule has 1 spiro atoms. The normalized spacial score (nSPS) is 25.7. The number of aryl methyl sites for hydroxylation is 1. The van der Waals surface area contributed by atoms with E-state index in [0.717, 1.165) is 82.1 Å². The van der Waals surface area contributed by atoms with E-state index in [4.69, 9.17) is 35.3 Å². The number of alkyl carbamates (subject to hydrolysis) is 3. The number of methoxy groups -OCH3 is 4. The minimum Gasteiger partial charge on any atom is -0.490 e. The van der Waals surface area contributed by atoms with Crippen LogP contribution in [0.1, 0.15) is 171 Å². The number of nitrogens with one attached hydrogen (secondary N) is 6. The van der Waals surface area contributed by atoms with Gasteiger partial charge in [-0.2, -0.15) is 0 Å². The fraction of sp³-hybridized carbons (Fsp3) is 0.714. The van der Waals surface area contributed by atoms with Crippen molar-refractivity contribution in [2.45, 2.75) is 221 Å². The van der Waals surface area contributed by atoms with Gasteiger partial charge in [-0.15, -0.1) is 4.36 Å². The average molecular weight is 1700 g/mol. The molecule has 2 aromatic rings. The predicted molar refractivity (Wildman–Crippen MR) is 452 cm³/mol. The first kappa shape index (κ1) is 96.7. The number of piperazine rings is 4. The zero-order chi connectivity index (χ0) is 87.5. The number of ether oxygens (including phenoxy) is 7. The van der Waals surface area contributed by atoms with E-state index in [2.05, 4.69) is 81.3 Å². The largest absolute Gasteiger partial charge is 0.490 e. The summed E-state index contributed by atoms with van der Waals surface area (Å²) in [4.78, 5) is 138. The quantitative estimate of drug-likeness (QED) is 0.0899. The highest BCUT2D eigenvalue weighted by Crippen LogP contribution is 2.47. The van der Waals surface area contributed by atoms with Gasteiger partial charge < -0.3 is 94.0 Å². The van der Waals surface area contributed by atoms with Gasteiger partial charge in [0.15, 0.2) is 0 Å². The van der Waals surface area contributed by atoms with Crippen molar-refractivity contribution in [3.8, 4) is 5.75 Å². The zero-order valence-electron chi connectivity index (χ0n) is 73.5. The molecule has 6 aliphatic heterocycles. The molecule has 2 bridgehead atoms. The second-order valence-electron chi connectivity index (χ2n) is 35.4. The minimum absolute atomic E-state index is 0.0266. The predicted octanol–water partition coefficient (Wildman–Crippen LogP) is 9.83. The van der Waals surface area contributed by atoms with Crippen LogP contribution in [0.25, 0.3) is 0 Å². The fourth-order valence-corrected chi connectivity index (χ4v) is 18.1. The molecule has 6 heterocycles. The van der Waals surface area contributed by atoms with Crippen LogP contribution in [0, 0.1) is 35.5 Å². The molecule has 2 aromatic carbocycles. The Morgan fingerprint density at radius 2 is 1.18 bits per heavy atom. The molecule has 6 N–H and O–H groups in total. The van der Waals surface area contributed by atoms with Crippen molar-refractivity contribution in [1.29, 1.82) is 0 Å². The van der Waals surface area contributed by atoms with E-state index in [9.17, 15) is 52.2 Å². The van der Waals surface area contributed by atoms with Gasteiger partial charge in [0.05, 0.1) is 45.5 Å². The number of carbonyl (C=O) groups excluding carboxylic acids is 10. The van der Waals surface area contributed by atoms with Crippen molar-refractivity contribution < 1.29 is 85.3 Å². The Morgan fingerprint density at radius 3 is 1.67 bits per heavy atom. The summed E-state index contributed by atoms with van der Waals surface area (Å²) >= 11 is 6.48. The van der Waals surface area contributed by atoms with Crippen LogP contribution in [-0.2, 0) is 64.6 Å². The van der Waals surface area contributed by atoms with Crippen molar-refractivity contribution in [3.63, 3.8) is 0 Å². The molecule has 11 amide bonds. The lowest BCUT2D eigenvalue weighted by Crippen LogP contribution is -2.61. The molecule has 4 saturated heterocycles. The SMILES string of the molecule is COC(=O)N[C@H](C(=O)N1CCN(C(=O)NS2(=O)=NC(=O)c3ccc4c(c3)N(C[C@@H]3CC[C@H]3[C@@H](OC)/C=C/C[C@H](C)C2)C[C@@]2(CCCc3cc(Cl)ccc32)CO4)C[C@@H]1C)C(C)C.COC(=O)N[C@H](C(=O)N1CCN(C(=O)OC(C)(C)C)C[C@@H]1C)C(C)C.COC(=O)N[C@H](C(=O)N1CCNC[C@@H]1C)C(C)C.C[C@@H]1CN(C(=O)OC(C)(C)C)CCN1. The van der Waals surface area contributed by atoms with Gasteiger partial charge in [-0.1, -0.05) is 78.3 Å². The summed E-state index contributed by atoms with van der Waals surface area (Å²) in [7, 11) is 1.89. The van der Waals surface area contributed by atoms with Crippen molar-refractivity contribution in [2.24, 2.45) is 39.9 Å². The van der Waals surface area contributed by atoms with Gasteiger partial charge in [0.25, 0.3) is 5.91 Å². The van der Waals surface area contributed by atoms with E-state index >= 15 is 0 Å². The van der Waals surface area contributed by atoms with Crippen molar-refractivity contribution in [3.05, 3.63) is 70.3 Å². The summed E-state index contributed by atoms with van der Waals surface area (Å²) < 4.78 is 59.3. The first-order valence-corrected chi connectivity index (χ1v) is 43.7. The van der Waals surface area contributed by atoms with Crippen LogP contribution in [-0.4, -0.2) is 286 Å². The van der Waals surface area contributed by atoms with Crippen LogP contribution >= 0.6 is 11.6 Å². The molecule has 10 rings (SSSR count). The van der Waals surface area contributed by atoms with E-state index in [1.807, 2.05) is 134 Å². The molecule has 1 saturated carbocycles. The highest BCUT2D eigenvalue weighted by Gasteiger charge is 2.46. The highest BCUT2D eigenvalue weighted by atomic mass is 35.5. The number of hydrogen-bond acceptors (Lipinski definition) is 21. The molecule has 5 fully saturated rings. The van der Waals surface area contributed by atoms with Gasteiger partial charge in [0.1, 0.15) is 45.0 Å². The van der Waals surface area contributed by atoms with Gasteiger partial charge in [0, 0.05) is 139 Å². The molecule has 34 heteroatoms. The summed E-state index contributed by atoms with van der Waals surface area (Å²) in [5.74, 6) is -0.399. The molecule has 1 unspecified atom stereocenters. The van der Waals surface area contributed by atoms with E-state index in [0.29, 0.717) is 69.4 Å². The molecule has 32 nitrogen and oxygen atoms in total. The van der Waals surface area contributed by atoms with Gasteiger partial charge in [-0.05, 0) is 185 Å². The number of halogens is 1. The van der Waals surface area contributed by atoms with Crippen molar-refractivity contribution >= 4 is 87.3 Å². The van der Waals surface area contributed by atoms with Crippen LogP contribution in [0.15, 0.2) is 52.9 Å². The first-order valence-electron chi connectivity index (χ1n) is 41.6. The standard InChI is InChI=1S/C45H61ClN6O8S.C17H31N3O5.C12H23N3O3.C10H20N2O2/c1-28(2)40(47-44(56)59-6)42(54)52-20-19-50(23-30(52)4)43(55)49-61(57)25-29(3)9-7-11-38(58-5)35-15-12-33(35)24-51-26-45(18-8-10-31-21-34(46)14-16-36(31)45)27-60-39-17-13-32(22-37(39)51)41(53)48-61;1-11(2)13(18-15(22)24-7)14(21)20-9-8-19(10-12(20)3)16(23)25-17(4,5)6;1-8(2)10(14-12(17)18-4)11(16)15-6-5-13-7-9(15)3;1-8-7-12(6-5-11-8)9(13)14-10(2,3)4/h7,11,13-14,16-17,21-22,28-30,33,35,38,40H,8-10,12,15,18-20,23-27H2,1-6H3,(H,47,56)(H,48,49,53,55,57);11-13H,8-10H2,1-7H3,(H,18,22);8-10,13H,5-7H2,1-4H3,(H,14,17);8,11H,5-7H2,1-4H3/b11-7+;;;/t29-,30-,33-,35+,38-,40-,45-,61?;12-,13-;9-,10-;8-/m0001/s1. The number of benzene rings is 2. The maximum absolute atomic E-state index is 14.9. The van der Waals surface area contributed by atoms with E-state index in [1.165, 1.54) is 37.4 Å². The Kier molecular flexibility index (Phi) is 35.4. The number of urea groups is 1.